The predicted octanol–water partition coefficient (Wildman–Crippen LogP) is 5.03. The highest BCUT2D eigenvalue weighted by atomic mass is 79.9. The first-order valence-electron chi connectivity index (χ1n) is 10.4. The van der Waals surface area contributed by atoms with Gasteiger partial charge in [0, 0.05) is 24.8 Å². The van der Waals surface area contributed by atoms with Crippen molar-refractivity contribution in [2.45, 2.75) is 50.1 Å². The van der Waals surface area contributed by atoms with Crippen LogP contribution in [0.25, 0.3) is 0 Å². The highest BCUT2D eigenvalue weighted by Crippen LogP contribution is 2.67. The molecule has 4 aliphatic rings. The van der Waals surface area contributed by atoms with Gasteiger partial charge in [-0.25, -0.2) is 13.4 Å². The number of sulfonamides is 1. The molecule has 1 aliphatic heterocycles. The first-order valence-corrected chi connectivity index (χ1v) is 12.7. The van der Waals surface area contributed by atoms with Crippen LogP contribution in [0.1, 0.15) is 36.1 Å². The van der Waals surface area contributed by atoms with Crippen LogP contribution in [0.15, 0.2) is 29.1 Å². The summed E-state index contributed by atoms with van der Waals surface area (Å²) in [6.07, 6.45) is -1.09. The lowest BCUT2D eigenvalue weighted by Crippen LogP contribution is -2.66. The summed E-state index contributed by atoms with van der Waals surface area (Å²) in [5.41, 5.74) is -6.28. The van der Waals surface area contributed by atoms with Crippen LogP contribution in [-0.2, 0) is 29.3 Å². The van der Waals surface area contributed by atoms with Crippen molar-refractivity contribution in [2.75, 3.05) is 11.4 Å². The fraction of sp³-hybridized carbons (Fsp3) is 0.550. The van der Waals surface area contributed by atoms with Gasteiger partial charge >= 0.3 is 21.7 Å². The smallest absolute Gasteiger partial charge is 0.360 e. The summed E-state index contributed by atoms with van der Waals surface area (Å²) in [7, 11) is -5.77. The number of alkyl halides is 6. The monoisotopic (exact) mass is 572 g/mol. The van der Waals surface area contributed by atoms with Crippen molar-refractivity contribution in [2.24, 2.45) is 11.3 Å². The molecule has 1 aromatic carbocycles. The van der Waals surface area contributed by atoms with Gasteiger partial charge in [0.05, 0.1) is 24.1 Å². The number of hydrogen-bond donors (Lipinski definition) is 1. The Balaban J connectivity index is 1.66. The fourth-order valence-electron chi connectivity index (χ4n) is 5.47. The van der Waals surface area contributed by atoms with Crippen molar-refractivity contribution in [1.82, 2.24) is 14.3 Å². The molecule has 3 saturated carbocycles. The highest BCUT2D eigenvalue weighted by molar-refractivity contribution is 9.10. The van der Waals surface area contributed by atoms with E-state index in [1.54, 1.807) is 4.90 Å². The molecular formula is C20H19BrF6N4O2S. The quantitative estimate of drug-likeness (QED) is 0.522. The van der Waals surface area contributed by atoms with E-state index in [9.17, 15) is 34.8 Å². The molecule has 6 nitrogen and oxygen atoms in total. The normalized spacial score (nSPS) is 27.6. The van der Waals surface area contributed by atoms with Crippen LogP contribution in [0, 0.1) is 11.3 Å². The Hall–Kier alpha value is -1.80. The van der Waals surface area contributed by atoms with Crippen LogP contribution < -0.4 is 4.90 Å². The lowest BCUT2D eigenvalue weighted by molar-refractivity contribution is -0.137. The largest absolute Gasteiger partial charge is 0.511 e. The Bertz CT molecular complexity index is 1210. The number of nitrogens with one attached hydrogen (secondary N) is 1. The van der Waals surface area contributed by atoms with Crippen molar-refractivity contribution in [3.05, 3.63) is 46.0 Å². The number of H-pyrrole nitrogens is 1. The first-order chi connectivity index (χ1) is 15.7. The minimum absolute atomic E-state index is 0.107. The molecule has 2 aromatic rings. The van der Waals surface area contributed by atoms with Crippen molar-refractivity contribution in [1.29, 1.82) is 0 Å². The maximum atomic E-state index is 13.5. The lowest BCUT2D eigenvalue weighted by Gasteiger charge is -2.67. The molecule has 1 atom stereocenters. The third-order valence-corrected chi connectivity index (χ3v) is 9.46. The molecular weight excluding hydrogens is 554 g/mol. The number of nitrogens with zero attached hydrogens (tertiary/aromatic N) is 3. The standard InChI is InChI=1S/C20H19BrF6N4O2S/c21-17-14(28-10-29-17)8-31-15-2-1-13(19(22,23)24)3-12(15)7-30(34(32,33)20(25,26)27)9-16(31)18-4-11(5-18)6-18/h1-3,10-11,16H,4-9H2,(H,28,29). The van der Waals surface area contributed by atoms with E-state index in [-0.39, 0.29) is 23.2 Å². The summed E-state index contributed by atoms with van der Waals surface area (Å²) in [6.45, 7) is -1.18. The maximum Gasteiger partial charge on any atom is 0.511 e. The molecule has 186 valence electrons. The van der Waals surface area contributed by atoms with Crippen LogP contribution >= 0.6 is 15.9 Å². The minimum Gasteiger partial charge on any atom is -0.360 e. The number of rotatable bonds is 4. The maximum absolute atomic E-state index is 13.5. The van der Waals surface area contributed by atoms with Gasteiger partial charge in [-0.15, -0.1) is 0 Å². The number of hydrogen-bond acceptors (Lipinski definition) is 4. The molecule has 0 saturated heterocycles. The van der Waals surface area contributed by atoms with Gasteiger partial charge in [0.15, 0.2) is 0 Å². The van der Waals surface area contributed by atoms with Crippen molar-refractivity contribution >= 4 is 31.6 Å². The van der Waals surface area contributed by atoms with Gasteiger partial charge in [0.1, 0.15) is 4.60 Å². The van der Waals surface area contributed by atoms with E-state index in [1.807, 2.05) is 0 Å². The lowest BCUT2D eigenvalue weighted by atomic mass is 9.41. The Morgan fingerprint density at radius 3 is 2.32 bits per heavy atom. The Morgan fingerprint density at radius 2 is 1.82 bits per heavy atom. The molecule has 2 bridgehead atoms. The molecule has 3 fully saturated rings. The summed E-state index contributed by atoms with van der Waals surface area (Å²) in [4.78, 5) is 8.74. The average Bonchev–Trinajstić information content (AvgIpc) is 2.97. The van der Waals surface area contributed by atoms with Crippen LogP contribution in [0.3, 0.4) is 0 Å². The molecule has 14 heteroatoms. The van der Waals surface area contributed by atoms with Gasteiger partial charge in [0.2, 0.25) is 0 Å². The molecule has 0 spiro atoms. The molecule has 0 radical (unpaired) electrons. The topological polar surface area (TPSA) is 69.3 Å². The second kappa shape index (κ2) is 7.60. The van der Waals surface area contributed by atoms with E-state index in [0.29, 0.717) is 20.5 Å². The Labute approximate surface area is 199 Å². The Kier molecular flexibility index (Phi) is 5.34. The van der Waals surface area contributed by atoms with E-state index in [2.05, 4.69) is 25.9 Å². The van der Waals surface area contributed by atoms with Crippen LogP contribution in [0.4, 0.5) is 32.0 Å². The van der Waals surface area contributed by atoms with Gasteiger partial charge in [-0.05, 0) is 70.3 Å². The number of halogens is 7. The molecule has 0 amide bonds. The SMILES string of the molecule is O=S(=O)(N1Cc2cc(C(F)(F)F)ccc2N(Cc2[nH]cnc2Br)C(C23CC(C2)C3)C1)C(F)(F)F. The zero-order valence-electron chi connectivity index (χ0n) is 17.4. The van der Waals surface area contributed by atoms with Crippen molar-refractivity contribution in [3.63, 3.8) is 0 Å². The van der Waals surface area contributed by atoms with Crippen LogP contribution in [0.5, 0.6) is 0 Å². The van der Waals surface area contributed by atoms with Gasteiger partial charge in [-0.1, -0.05) is 0 Å². The zero-order chi connectivity index (χ0) is 24.7. The van der Waals surface area contributed by atoms with E-state index in [1.165, 1.54) is 12.4 Å². The van der Waals surface area contributed by atoms with Crippen LogP contribution in [-0.4, -0.2) is 40.8 Å². The van der Waals surface area contributed by atoms with E-state index in [0.717, 1.165) is 31.4 Å². The number of aromatic nitrogens is 2. The van der Waals surface area contributed by atoms with Gasteiger partial charge < -0.3 is 9.88 Å². The average molecular weight is 573 g/mol. The van der Waals surface area contributed by atoms with Gasteiger partial charge in [0.25, 0.3) is 0 Å². The van der Waals surface area contributed by atoms with E-state index >= 15 is 0 Å². The summed E-state index contributed by atoms with van der Waals surface area (Å²) in [6, 6.07) is 2.20. The first kappa shape index (κ1) is 23.9. The number of anilines is 1. The molecule has 2 heterocycles. The summed E-state index contributed by atoms with van der Waals surface area (Å²) < 4.78 is 107. The van der Waals surface area contributed by atoms with E-state index in [4.69, 9.17) is 0 Å². The number of benzene rings is 1. The van der Waals surface area contributed by atoms with Crippen LogP contribution in [0.2, 0.25) is 0 Å². The third kappa shape index (κ3) is 3.72. The number of fused-ring (bicyclic) bond motifs is 1. The molecule has 6 rings (SSSR count). The molecule has 3 aliphatic carbocycles. The molecule has 1 unspecified atom stereocenters. The summed E-state index contributed by atoms with van der Waals surface area (Å²) in [5, 5.41) is 0. The highest BCUT2D eigenvalue weighted by Gasteiger charge is 2.63. The van der Waals surface area contributed by atoms with E-state index < -0.39 is 46.4 Å². The van der Waals surface area contributed by atoms with Crippen molar-refractivity contribution in [3.8, 4) is 0 Å². The fourth-order valence-corrected chi connectivity index (χ4v) is 6.75. The predicted molar refractivity (Wildman–Crippen MR) is 113 cm³/mol. The molecule has 1 aromatic heterocycles. The van der Waals surface area contributed by atoms with Gasteiger partial charge in [-0.2, -0.15) is 30.6 Å². The zero-order valence-corrected chi connectivity index (χ0v) is 19.8. The van der Waals surface area contributed by atoms with Crippen molar-refractivity contribution < 1.29 is 34.8 Å². The second-order valence-corrected chi connectivity index (χ2v) is 11.9. The molecule has 34 heavy (non-hydrogen) atoms. The number of imidazole rings is 1. The third-order valence-electron chi connectivity index (χ3n) is 7.23. The second-order valence-electron chi connectivity index (χ2n) is 9.24. The van der Waals surface area contributed by atoms with Gasteiger partial charge in [-0.3, -0.25) is 0 Å². The Morgan fingerprint density at radius 1 is 1.15 bits per heavy atom. The summed E-state index contributed by atoms with van der Waals surface area (Å²) in [5.74, 6) is 0.448. The number of aromatic amines is 1. The minimum atomic E-state index is -5.77. The molecule has 1 N–H and O–H groups in total. The summed E-state index contributed by atoms with van der Waals surface area (Å²) >= 11 is 3.30.